The molecule has 4 aromatic rings. The number of halogens is 11. The molecule has 1 aromatic carbocycles. The van der Waals surface area contributed by atoms with Gasteiger partial charge in [0.25, 0.3) is 0 Å². The maximum Gasteiger partial charge on any atom is 0.420 e. The summed E-state index contributed by atoms with van der Waals surface area (Å²) in [6.07, 6.45) is -9.05. The van der Waals surface area contributed by atoms with Crippen LogP contribution in [0.25, 0.3) is 57.0 Å². The summed E-state index contributed by atoms with van der Waals surface area (Å²) >= 11 is 0. The van der Waals surface area contributed by atoms with Gasteiger partial charge in [-0.25, -0.2) is 27.5 Å². The number of nitrogens with one attached hydrogen (secondary N) is 1. The summed E-state index contributed by atoms with van der Waals surface area (Å²) in [5.74, 6) is -9.07. The molecule has 1 N–H and O–H groups in total. The fraction of sp³-hybridized carbons (Fsp3) is 0.0714. The summed E-state index contributed by atoms with van der Waals surface area (Å²) in [7, 11) is 0. The Morgan fingerprint density at radius 1 is 0.674 bits per heavy atom. The number of alkyl halides is 6. The van der Waals surface area contributed by atoms with Gasteiger partial charge in [-0.1, -0.05) is 34.8 Å². The van der Waals surface area contributed by atoms with Gasteiger partial charge in [0.05, 0.1) is 16.9 Å². The Hall–Kier alpha value is -4.95. The van der Waals surface area contributed by atoms with Crippen LogP contribution in [0.2, 0.25) is 0 Å². The molecule has 0 spiro atoms. The SMILES string of the molecule is FC1=C(F)c2nc1c(C(F)(F)F)c1ccc(cc3nc(c(C(F)(F)F)c4c(-c5ccccc5)c(F)c(c2F)n4F)C=C3)[nH]1. The predicted molar refractivity (Wildman–Crippen MR) is 134 cm³/mol. The predicted octanol–water partition coefficient (Wildman–Crippen LogP) is 9.44. The number of H-pyrrole nitrogens is 1. The van der Waals surface area contributed by atoms with Gasteiger partial charge < -0.3 is 4.98 Å². The van der Waals surface area contributed by atoms with E-state index in [0.29, 0.717) is 0 Å². The van der Waals surface area contributed by atoms with Crippen LogP contribution in [0.15, 0.2) is 48.5 Å². The van der Waals surface area contributed by atoms with E-state index in [9.17, 15) is 35.1 Å². The van der Waals surface area contributed by atoms with Crippen molar-refractivity contribution >= 4 is 45.9 Å². The lowest BCUT2D eigenvalue weighted by atomic mass is 10.0. The van der Waals surface area contributed by atoms with E-state index in [1.807, 2.05) is 0 Å². The van der Waals surface area contributed by atoms with Gasteiger partial charge in [-0.3, -0.25) is 0 Å². The average molecular weight is 612 g/mol. The molecule has 2 aliphatic rings. The van der Waals surface area contributed by atoms with E-state index in [-0.39, 0.29) is 16.8 Å². The zero-order valence-corrected chi connectivity index (χ0v) is 20.8. The largest absolute Gasteiger partial charge is 0.420 e. The first kappa shape index (κ1) is 28.2. The van der Waals surface area contributed by atoms with Crippen LogP contribution in [0.4, 0.5) is 48.4 Å². The van der Waals surface area contributed by atoms with Crippen LogP contribution in [0.1, 0.15) is 33.9 Å². The highest BCUT2D eigenvalue weighted by molar-refractivity contribution is 5.93. The zero-order chi connectivity index (χ0) is 31.0. The van der Waals surface area contributed by atoms with Crippen molar-refractivity contribution in [2.75, 3.05) is 0 Å². The van der Waals surface area contributed by atoms with Crippen molar-refractivity contribution in [2.45, 2.75) is 12.4 Å². The molecule has 0 aliphatic carbocycles. The van der Waals surface area contributed by atoms with E-state index < -0.39 is 90.8 Å². The molecule has 0 saturated heterocycles. The molecule has 15 heteroatoms. The van der Waals surface area contributed by atoms with E-state index in [1.165, 1.54) is 18.2 Å². The first-order chi connectivity index (χ1) is 20.2. The average Bonchev–Trinajstić information content (AvgIpc) is 3.68. The molecule has 5 heterocycles. The standard InChI is InChI=1S/C28H11F11N4/c29-19-16(11-4-2-1-3-5-11)25-18(28(36,37)38)15-9-7-13(41-15)10-12-6-8-14(40-12)17(27(33,34)35)23-20(30)21(31)24(42-23)22(32)26(19)43(25)39/h1-10,40H. The van der Waals surface area contributed by atoms with Gasteiger partial charge in [-0.15, -0.1) is 0 Å². The summed E-state index contributed by atoms with van der Waals surface area (Å²) in [5, 5.41) is 0. The molecule has 6 rings (SSSR count). The molecular formula is C28H11F11N4. The van der Waals surface area contributed by atoms with Crippen molar-refractivity contribution < 1.29 is 48.4 Å². The Balaban J connectivity index is 1.95. The number of benzene rings is 1. The normalized spacial score (nSPS) is 13.7. The van der Waals surface area contributed by atoms with Crippen LogP contribution in [0.3, 0.4) is 0 Å². The lowest BCUT2D eigenvalue weighted by Crippen LogP contribution is -2.10. The third-order valence-corrected chi connectivity index (χ3v) is 6.61. The van der Waals surface area contributed by atoms with E-state index in [0.717, 1.165) is 42.5 Å². The number of hydrogen-bond acceptors (Lipinski definition) is 2. The van der Waals surface area contributed by atoms with Crippen molar-refractivity contribution in [1.29, 1.82) is 0 Å². The third kappa shape index (κ3) is 4.46. The van der Waals surface area contributed by atoms with Gasteiger partial charge in [0.15, 0.2) is 23.3 Å². The van der Waals surface area contributed by atoms with E-state index in [2.05, 4.69) is 15.0 Å². The van der Waals surface area contributed by atoms with Gasteiger partial charge in [0.2, 0.25) is 0 Å². The van der Waals surface area contributed by atoms with Crippen molar-refractivity contribution in [2.24, 2.45) is 0 Å². The first-order valence-corrected chi connectivity index (χ1v) is 12.0. The van der Waals surface area contributed by atoms with Gasteiger partial charge in [-0.05, 0) is 35.9 Å². The molecule has 0 atom stereocenters. The topological polar surface area (TPSA) is 46.5 Å². The Labute approximate surface area is 232 Å². The number of aromatic amines is 1. The number of aromatic nitrogens is 4. The summed E-state index contributed by atoms with van der Waals surface area (Å²) in [6.45, 7) is 0. The highest BCUT2D eigenvalue weighted by atomic mass is 19.4. The molecule has 0 radical (unpaired) electrons. The second-order valence-electron chi connectivity index (χ2n) is 9.26. The van der Waals surface area contributed by atoms with Crippen molar-refractivity contribution in [3.05, 3.63) is 94.1 Å². The van der Waals surface area contributed by atoms with Gasteiger partial charge >= 0.3 is 12.4 Å². The highest BCUT2D eigenvalue weighted by Gasteiger charge is 2.42. The lowest BCUT2D eigenvalue weighted by molar-refractivity contribution is -0.137. The van der Waals surface area contributed by atoms with Crippen LogP contribution < -0.4 is 0 Å². The Kier molecular flexibility index (Phi) is 6.25. The summed E-state index contributed by atoms with van der Waals surface area (Å²) in [5.41, 5.74) is -14.7. The summed E-state index contributed by atoms with van der Waals surface area (Å²) < 4.78 is 164. The smallest absolute Gasteiger partial charge is 0.355 e. The van der Waals surface area contributed by atoms with Crippen LogP contribution in [-0.4, -0.2) is 19.7 Å². The Morgan fingerprint density at radius 3 is 1.98 bits per heavy atom. The third-order valence-electron chi connectivity index (χ3n) is 6.61. The fourth-order valence-corrected chi connectivity index (χ4v) is 4.85. The second-order valence-corrected chi connectivity index (χ2v) is 9.26. The van der Waals surface area contributed by atoms with Gasteiger partial charge in [0.1, 0.15) is 33.5 Å². The Morgan fingerprint density at radius 2 is 1.33 bits per heavy atom. The quantitative estimate of drug-likeness (QED) is 0.192. The molecular weight excluding hydrogens is 601 g/mol. The maximum absolute atomic E-state index is 15.9. The molecule has 43 heavy (non-hydrogen) atoms. The first-order valence-electron chi connectivity index (χ1n) is 12.0. The number of fused-ring (bicyclic) bond motifs is 8. The van der Waals surface area contributed by atoms with Gasteiger partial charge in [-0.2, -0.15) is 31.1 Å². The summed E-state index contributed by atoms with van der Waals surface area (Å²) in [4.78, 5) is 8.04. The number of hydrogen-bond donors (Lipinski definition) is 1. The van der Waals surface area contributed by atoms with Crippen LogP contribution in [0, 0.1) is 11.6 Å². The molecule has 220 valence electrons. The van der Waals surface area contributed by atoms with Gasteiger partial charge in [0, 0.05) is 11.1 Å². The molecule has 0 unspecified atom stereocenters. The van der Waals surface area contributed by atoms with E-state index in [1.54, 1.807) is 0 Å². The number of nitrogens with zero attached hydrogens (tertiary/aromatic N) is 3. The van der Waals surface area contributed by atoms with Crippen LogP contribution >= 0.6 is 0 Å². The zero-order valence-electron chi connectivity index (χ0n) is 20.8. The van der Waals surface area contributed by atoms with Crippen molar-refractivity contribution in [3.8, 4) is 11.1 Å². The molecule has 0 saturated carbocycles. The van der Waals surface area contributed by atoms with Crippen LogP contribution in [0.5, 0.6) is 0 Å². The highest BCUT2D eigenvalue weighted by Crippen LogP contribution is 2.46. The van der Waals surface area contributed by atoms with Crippen LogP contribution in [-0.2, 0) is 12.4 Å². The minimum atomic E-state index is -5.45. The van der Waals surface area contributed by atoms with E-state index in [4.69, 9.17) is 0 Å². The molecule has 2 aliphatic heterocycles. The number of rotatable bonds is 1. The molecule has 8 bridgehead atoms. The second kappa shape index (κ2) is 9.54. The minimum absolute atomic E-state index is 0.167. The lowest BCUT2D eigenvalue weighted by Gasteiger charge is -2.10. The molecule has 4 nitrogen and oxygen atoms in total. The molecule has 0 amide bonds. The Bertz CT molecular complexity index is 2050. The van der Waals surface area contributed by atoms with Crippen molar-refractivity contribution in [1.82, 2.24) is 19.7 Å². The molecule has 3 aromatic heterocycles. The van der Waals surface area contributed by atoms with Crippen molar-refractivity contribution in [3.63, 3.8) is 0 Å². The summed E-state index contributed by atoms with van der Waals surface area (Å²) in [6, 6.07) is 8.90. The maximum atomic E-state index is 15.9. The fourth-order valence-electron chi connectivity index (χ4n) is 4.85. The minimum Gasteiger partial charge on any atom is -0.355 e. The van der Waals surface area contributed by atoms with E-state index >= 15 is 13.3 Å². The monoisotopic (exact) mass is 612 g/mol. The molecule has 0 fully saturated rings.